The molecule has 4 rings (SSSR count). The van der Waals surface area contributed by atoms with Crippen LogP contribution in [0, 0.1) is 0 Å². The molecular weight excluding hydrogens is 368 g/mol. The van der Waals surface area contributed by atoms with Crippen LogP contribution in [-0.2, 0) is 9.59 Å². The summed E-state index contributed by atoms with van der Waals surface area (Å²) in [6, 6.07) is 14.8. The molecule has 0 atom stereocenters. The third-order valence-electron chi connectivity index (χ3n) is 4.44. The molecular formula is C19H14N2O3S2. The van der Waals surface area contributed by atoms with Gasteiger partial charge < -0.3 is 0 Å². The Morgan fingerprint density at radius 1 is 0.615 bits per heavy atom. The summed E-state index contributed by atoms with van der Waals surface area (Å²) in [7, 11) is 0. The second-order valence-electron chi connectivity index (χ2n) is 5.69. The smallest absolute Gasteiger partial charge is 0.267 e. The van der Waals surface area contributed by atoms with Crippen molar-refractivity contribution in [3.8, 4) is 11.1 Å². The average molecular weight is 382 g/mol. The van der Waals surface area contributed by atoms with Crippen LogP contribution < -0.4 is 0 Å². The second kappa shape index (κ2) is 6.34. The van der Waals surface area contributed by atoms with Crippen molar-refractivity contribution < 1.29 is 14.4 Å². The van der Waals surface area contributed by atoms with E-state index < -0.39 is 17.8 Å². The van der Waals surface area contributed by atoms with Gasteiger partial charge in [-0.25, -0.2) is 4.79 Å². The van der Waals surface area contributed by atoms with E-state index in [9.17, 15) is 14.4 Å². The molecule has 1 aliphatic heterocycles. The first-order chi connectivity index (χ1) is 12.6. The van der Waals surface area contributed by atoms with Gasteiger partial charge in [0.15, 0.2) is 0 Å². The summed E-state index contributed by atoms with van der Waals surface area (Å²) in [6.07, 6.45) is 3.28. The van der Waals surface area contributed by atoms with Crippen LogP contribution in [0.15, 0.2) is 54.1 Å². The number of urea groups is 1. The summed E-state index contributed by atoms with van der Waals surface area (Å²) in [5, 5.41) is 0. The largest absolute Gasteiger partial charge is 0.354 e. The minimum Gasteiger partial charge on any atom is -0.267 e. The quantitative estimate of drug-likeness (QED) is 0.383. The van der Waals surface area contributed by atoms with Crippen molar-refractivity contribution in [1.82, 2.24) is 8.61 Å². The van der Waals surface area contributed by atoms with Crippen LogP contribution >= 0.6 is 23.9 Å². The van der Waals surface area contributed by atoms with Crippen LogP contribution in [0.2, 0.25) is 0 Å². The van der Waals surface area contributed by atoms with Gasteiger partial charge >= 0.3 is 6.03 Å². The minimum absolute atomic E-state index is 0.0331. The number of benzene rings is 2. The molecule has 130 valence electrons. The maximum Gasteiger partial charge on any atom is 0.354 e. The van der Waals surface area contributed by atoms with Crippen LogP contribution in [0.3, 0.4) is 0 Å². The molecule has 2 aromatic rings. The summed E-state index contributed by atoms with van der Waals surface area (Å²) in [4.78, 5) is 38.4. The van der Waals surface area contributed by atoms with Crippen LogP contribution in [-0.4, -0.2) is 39.0 Å². The molecule has 0 unspecified atom stereocenters. The van der Waals surface area contributed by atoms with Crippen LogP contribution in [0.5, 0.6) is 0 Å². The van der Waals surface area contributed by atoms with Gasteiger partial charge in [0.05, 0.1) is 0 Å². The Labute approximate surface area is 159 Å². The predicted molar refractivity (Wildman–Crippen MR) is 104 cm³/mol. The third-order valence-corrected chi connectivity index (χ3v) is 5.82. The van der Waals surface area contributed by atoms with E-state index in [1.165, 1.54) is 0 Å². The highest BCUT2D eigenvalue weighted by Crippen LogP contribution is 2.47. The Bertz CT molecular complexity index is 924. The fourth-order valence-electron chi connectivity index (χ4n) is 3.37. The molecule has 0 radical (unpaired) electrons. The van der Waals surface area contributed by atoms with E-state index in [2.05, 4.69) is 0 Å². The Morgan fingerprint density at radius 3 is 1.38 bits per heavy atom. The van der Waals surface area contributed by atoms with E-state index in [0.717, 1.165) is 54.8 Å². The first kappa shape index (κ1) is 16.9. The molecule has 0 saturated carbocycles. The molecule has 26 heavy (non-hydrogen) atoms. The number of fused-ring (bicyclic) bond motifs is 3. The molecule has 7 heteroatoms. The monoisotopic (exact) mass is 382 g/mol. The van der Waals surface area contributed by atoms with Crippen molar-refractivity contribution in [3.05, 3.63) is 65.2 Å². The highest BCUT2D eigenvalue weighted by molar-refractivity contribution is 7.98. The lowest BCUT2D eigenvalue weighted by Crippen LogP contribution is -2.50. The molecule has 0 spiro atoms. The predicted octanol–water partition coefficient (Wildman–Crippen LogP) is 3.82. The van der Waals surface area contributed by atoms with Gasteiger partial charge in [0.1, 0.15) is 5.57 Å². The van der Waals surface area contributed by atoms with E-state index >= 15 is 0 Å². The van der Waals surface area contributed by atoms with Gasteiger partial charge in [-0.15, -0.1) is 0 Å². The lowest BCUT2D eigenvalue weighted by molar-refractivity contribution is -0.129. The van der Waals surface area contributed by atoms with Gasteiger partial charge in [0.25, 0.3) is 11.8 Å². The summed E-state index contributed by atoms with van der Waals surface area (Å²) in [5.41, 5.74) is 4.26. The molecule has 5 nitrogen and oxygen atoms in total. The fraction of sp³-hybridized carbons (Fsp3) is 0.105. The topological polar surface area (TPSA) is 57.7 Å². The Kier molecular flexibility index (Phi) is 4.13. The maximum absolute atomic E-state index is 13.0. The second-order valence-corrected chi connectivity index (χ2v) is 7.15. The van der Waals surface area contributed by atoms with Crippen molar-refractivity contribution in [2.45, 2.75) is 0 Å². The summed E-state index contributed by atoms with van der Waals surface area (Å²) in [6.45, 7) is 0. The van der Waals surface area contributed by atoms with Gasteiger partial charge in [-0.2, -0.15) is 8.61 Å². The molecule has 4 amide bonds. The highest BCUT2D eigenvalue weighted by Gasteiger charge is 2.45. The van der Waals surface area contributed by atoms with Gasteiger partial charge in [-0.3, -0.25) is 9.59 Å². The van der Waals surface area contributed by atoms with Crippen molar-refractivity contribution in [1.29, 1.82) is 0 Å². The Balaban J connectivity index is 2.05. The minimum atomic E-state index is -0.621. The van der Waals surface area contributed by atoms with Gasteiger partial charge in [0.2, 0.25) is 0 Å². The number of nitrogens with zero attached hydrogens (tertiary/aromatic N) is 2. The number of hydrogen-bond donors (Lipinski definition) is 0. The summed E-state index contributed by atoms with van der Waals surface area (Å²) < 4.78 is 2.06. The summed E-state index contributed by atoms with van der Waals surface area (Å²) >= 11 is 2.00. The van der Waals surface area contributed by atoms with Crippen molar-refractivity contribution in [2.24, 2.45) is 0 Å². The zero-order valence-electron chi connectivity index (χ0n) is 14.1. The van der Waals surface area contributed by atoms with E-state index in [0.29, 0.717) is 5.57 Å². The number of rotatable bonds is 2. The van der Waals surface area contributed by atoms with Crippen molar-refractivity contribution >= 4 is 47.3 Å². The van der Waals surface area contributed by atoms with Gasteiger partial charge in [-0.1, -0.05) is 48.5 Å². The standard InChI is InChI=1S/C19H14N2O3S2/c1-25-20-17(22)16(18(23)21(26-2)19(20)24)15-13-9-5-3-7-11(13)12-8-4-6-10-14(12)15/h3-10H,1-2H3. The van der Waals surface area contributed by atoms with Gasteiger partial charge in [0, 0.05) is 18.1 Å². The molecule has 0 aromatic heterocycles. The van der Waals surface area contributed by atoms with Crippen molar-refractivity contribution in [3.63, 3.8) is 0 Å². The average Bonchev–Trinajstić information content (AvgIpc) is 2.98. The number of imide groups is 2. The zero-order chi connectivity index (χ0) is 18.4. The zero-order valence-corrected chi connectivity index (χ0v) is 15.7. The number of amides is 4. The molecule has 2 aliphatic rings. The molecule has 2 aromatic carbocycles. The lowest BCUT2D eigenvalue weighted by atomic mass is 9.96. The molecule has 0 bridgehead atoms. The SMILES string of the molecule is CSN1C(=O)C(=C2c3ccccc3-c3ccccc32)C(=O)N(SC)C1=O. The van der Waals surface area contributed by atoms with Gasteiger partial charge in [-0.05, 0) is 46.1 Å². The third kappa shape index (κ3) is 2.24. The molecule has 0 N–H and O–H groups in total. The number of carbonyl (C=O) groups is 3. The van der Waals surface area contributed by atoms with Crippen LogP contribution in [0.25, 0.3) is 16.7 Å². The van der Waals surface area contributed by atoms with E-state index in [1.807, 2.05) is 48.5 Å². The Hall–Kier alpha value is -2.51. The fourth-order valence-corrected chi connectivity index (χ4v) is 4.41. The Morgan fingerprint density at radius 2 is 1.00 bits per heavy atom. The first-order valence-corrected chi connectivity index (χ1v) is 10.2. The number of barbiturate groups is 1. The van der Waals surface area contributed by atoms with E-state index in [4.69, 9.17) is 0 Å². The van der Waals surface area contributed by atoms with Crippen LogP contribution in [0.1, 0.15) is 11.1 Å². The first-order valence-electron chi connectivity index (χ1n) is 7.84. The molecule has 1 fully saturated rings. The highest BCUT2D eigenvalue weighted by atomic mass is 32.2. The maximum atomic E-state index is 13.0. The molecule has 1 heterocycles. The van der Waals surface area contributed by atoms with E-state index in [1.54, 1.807) is 12.5 Å². The summed E-state index contributed by atoms with van der Waals surface area (Å²) in [5.74, 6) is -1.14. The normalized spacial score (nSPS) is 16.3. The molecule has 1 saturated heterocycles. The number of carbonyl (C=O) groups excluding carboxylic acids is 3. The van der Waals surface area contributed by atoms with E-state index in [-0.39, 0.29) is 5.57 Å². The lowest BCUT2D eigenvalue weighted by Gasteiger charge is -2.31. The number of hydrogen-bond acceptors (Lipinski definition) is 5. The van der Waals surface area contributed by atoms with Crippen LogP contribution in [0.4, 0.5) is 4.79 Å². The molecule has 1 aliphatic carbocycles. The van der Waals surface area contributed by atoms with Crippen molar-refractivity contribution in [2.75, 3.05) is 12.5 Å².